The van der Waals surface area contributed by atoms with E-state index in [1.165, 1.54) is 0 Å². The van der Waals surface area contributed by atoms with Gasteiger partial charge in [0.25, 0.3) is 0 Å². The van der Waals surface area contributed by atoms with Gasteiger partial charge in [-0.3, -0.25) is 9.69 Å². The molecule has 2 aromatic carbocycles. The van der Waals surface area contributed by atoms with E-state index in [-0.39, 0.29) is 18.6 Å². The lowest BCUT2D eigenvalue weighted by molar-refractivity contribution is -0.136. The lowest BCUT2D eigenvalue weighted by atomic mass is 9.99. The molecule has 0 aliphatic heterocycles. The Morgan fingerprint density at radius 3 is 2.50 bits per heavy atom. The minimum Gasteiger partial charge on any atom is -0.481 e. The molecule has 2 amide bonds. The molecule has 1 atom stereocenters. The van der Waals surface area contributed by atoms with Crippen molar-refractivity contribution in [2.24, 2.45) is 0 Å². The van der Waals surface area contributed by atoms with Gasteiger partial charge in [0.15, 0.2) is 0 Å². The van der Waals surface area contributed by atoms with Crippen LogP contribution in [0.15, 0.2) is 48.5 Å². The normalized spacial score (nSPS) is 11.7. The summed E-state index contributed by atoms with van der Waals surface area (Å²) in [6, 6.07) is 15.5. The highest BCUT2D eigenvalue weighted by Gasteiger charge is 2.17. The van der Waals surface area contributed by atoms with E-state index in [9.17, 15) is 9.59 Å². The molecule has 0 radical (unpaired) electrons. The molecule has 2 aromatic rings. The van der Waals surface area contributed by atoms with E-state index in [1.54, 1.807) is 11.9 Å². The summed E-state index contributed by atoms with van der Waals surface area (Å²) in [4.78, 5) is 25.5. The lowest BCUT2D eigenvalue weighted by Crippen LogP contribution is -2.38. The van der Waals surface area contributed by atoms with Gasteiger partial charge in [0, 0.05) is 32.2 Å². The first-order valence-electron chi connectivity index (χ1n) is 11.5. The van der Waals surface area contributed by atoms with Crippen LogP contribution >= 0.6 is 0 Å². The smallest absolute Gasteiger partial charge is 0.321 e. The van der Waals surface area contributed by atoms with Crippen molar-refractivity contribution in [2.75, 3.05) is 25.1 Å². The van der Waals surface area contributed by atoms with Gasteiger partial charge in [-0.25, -0.2) is 4.79 Å². The first-order valence-corrected chi connectivity index (χ1v) is 11.5. The Morgan fingerprint density at radius 2 is 1.84 bits per heavy atom. The van der Waals surface area contributed by atoms with Crippen LogP contribution in [0.5, 0.6) is 0 Å². The lowest BCUT2D eigenvalue weighted by Gasteiger charge is -2.23. The second kappa shape index (κ2) is 13.5. The Labute approximate surface area is 191 Å². The Balaban J connectivity index is 2.09. The summed E-state index contributed by atoms with van der Waals surface area (Å²) in [5.74, 6) is -0.835. The third kappa shape index (κ3) is 8.00. The Bertz CT molecular complexity index is 848. The fourth-order valence-corrected chi connectivity index (χ4v) is 3.75. The van der Waals surface area contributed by atoms with Gasteiger partial charge in [-0.15, -0.1) is 0 Å². The minimum atomic E-state index is -0.835. The van der Waals surface area contributed by atoms with Crippen molar-refractivity contribution in [2.45, 2.75) is 58.5 Å². The maximum Gasteiger partial charge on any atom is 0.321 e. The number of rotatable bonds is 13. The van der Waals surface area contributed by atoms with Crippen LogP contribution in [0.3, 0.4) is 0 Å². The number of amides is 2. The van der Waals surface area contributed by atoms with E-state index in [1.807, 2.05) is 55.5 Å². The van der Waals surface area contributed by atoms with E-state index < -0.39 is 5.97 Å². The van der Waals surface area contributed by atoms with Gasteiger partial charge in [-0.05, 0) is 49.8 Å². The van der Waals surface area contributed by atoms with Crippen LogP contribution in [-0.2, 0) is 16.0 Å². The average Bonchev–Trinajstić information content (AvgIpc) is 2.80. The number of nitrogens with zero attached hydrogens (tertiary/aromatic N) is 1. The number of carboxylic acids is 1. The summed E-state index contributed by atoms with van der Waals surface area (Å²) in [6.07, 6.45) is 4.61. The number of urea groups is 1. The average molecular weight is 441 g/mol. The fraction of sp³-hybridized carbons (Fsp3) is 0.462. The zero-order chi connectivity index (χ0) is 23.3. The number of nitrogens with one attached hydrogen (secondary N) is 1. The van der Waals surface area contributed by atoms with Crippen LogP contribution in [0.25, 0.3) is 11.1 Å². The molecule has 0 saturated heterocycles. The van der Waals surface area contributed by atoms with Gasteiger partial charge in [-0.1, -0.05) is 55.8 Å². The highest BCUT2D eigenvalue weighted by Crippen LogP contribution is 2.32. The highest BCUT2D eigenvalue weighted by atomic mass is 16.5. The number of carbonyl (C=O) groups is 2. The van der Waals surface area contributed by atoms with Crippen molar-refractivity contribution in [3.05, 3.63) is 54.1 Å². The number of hydrogen-bond donors (Lipinski definition) is 2. The molecular weight excluding hydrogens is 404 g/mol. The summed E-state index contributed by atoms with van der Waals surface area (Å²) >= 11 is 0. The maximum absolute atomic E-state index is 12.9. The number of ether oxygens (including phenoxy) is 1. The molecule has 0 aliphatic rings. The van der Waals surface area contributed by atoms with E-state index >= 15 is 0 Å². The molecule has 0 spiro atoms. The molecule has 0 bridgehead atoms. The fourth-order valence-electron chi connectivity index (χ4n) is 3.75. The van der Waals surface area contributed by atoms with Gasteiger partial charge < -0.3 is 15.2 Å². The topological polar surface area (TPSA) is 78.9 Å². The predicted molar refractivity (Wildman–Crippen MR) is 129 cm³/mol. The van der Waals surface area contributed by atoms with Crippen molar-refractivity contribution in [3.8, 4) is 11.1 Å². The number of aliphatic carboxylic acids is 1. The zero-order valence-electron chi connectivity index (χ0n) is 19.5. The summed E-state index contributed by atoms with van der Waals surface area (Å²) in [5.41, 5.74) is 3.59. The molecule has 2 rings (SSSR count). The Morgan fingerprint density at radius 1 is 1.09 bits per heavy atom. The molecule has 0 heterocycles. The predicted octanol–water partition coefficient (Wildman–Crippen LogP) is 5.50. The molecule has 1 unspecified atom stereocenters. The first-order chi connectivity index (χ1) is 15.5. The first kappa shape index (κ1) is 25.4. The van der Waals surface area contributed by atoms with Gasteiger partial charge in [-0.2, -0.15) is 0 Å². The Hall–Kier alpha value is -2.86. The highest BCUT2D eigenvalue weighted by molar-refractivity contribution is 5.96. The summed E-state index contributed by atoms with van der Waals surface area (Å²) < 4.78 is 5.76. The number of hydrogen-bond acceptors (Lipinski definition) is 3. The van der Waals surface area contributed by atoms with E-state index in [0.717, 1.165) is 48.1 Å². The largest absolute Gasteiger partial charge is 0.481 e. The molecule has 6 nitrogen and oxygen atoms in total. The molecule has 0 saturated carbocycles. The van der Waals surface area contributed by atoms with E-state index in [2.05, 4.69) is 12.2 Å². The molecule has 0 aliphatic carbocycles. The third-order valence-corrected chi connectivity index (χ3v) is 5.43. The molecule has 2 N–H and O–H groups in total. The van der Waals surface area contributed by atoms with Crippen molar-refractivity contribution < 1.29 is 19.4 Å². The minimum absolute atomic E-state index is 0.0544. The van der Waals surface area contributed by atoms with E-state index in [0.29, 0.717) is 19.6 Å². The van der Waals surface area contributed by atoms with Crippen LogP contribution in [-0.4, -0.2) is 43.4 Å². The number of carbonyl (C=O) groups excluding carboxylic acids is 1. The van der Waals surface area contributed by atoms with Crippen molar-refractivity contribution in [1.29, 1.82) is 0 Å². The summed E-state index contributed by atoms with van der Waals surface area (Å²) in [5, 5.41) is 12.0. The monoisotopic (exact) mass is 440 g/mol. The second-order valence-corrected chi connectivity index (χ2v) is 7.91. The van der Waals surface area contributed by atoms with Gasteiger partial charge >= 0.3 is 12.0 Å². The summed E-state index contributed by atoms with van der Waals surface area (Å²) in [7, 11) is 1.75. The number of aryl methyl sites for hydroxylation is 1. The van der Waals surface area contributed by atoms with Gasteiger partial charge in [0.05, 0.1) is 11.8 Å². The van der Waals surface area contributed by atoms with E-state index in [4.69, 9.17) is 9.84 Å². The SMILES string of the molecule is CCCC(CCCNC(=O)N(C)c1cc(CCC(=O)O)ccc1-c1ccccc1)OCC. The summed E-state index contributed by atoms with van der Waals surface area (Å²) in [6.45, 7) is 5.45. The van der Waals surface area contributed by atoms with Crippen molar-refractivity contribution in [1.82, 2.24) is 5.32 Å². The molecule has 174 valence electrons. The quantitative estimate of drug-likeness (QED) is 0.403. The van der Waals surface area contributed by atoms with Gasteiger partial charge in [0.1, 0.15) is 0 Å². The second-order valence-electron chi connectivity index (χ2n) is 7.91. The number of anilines is 1. The van der Waals surface area contributed by atoms with Crippen molar-refractivity contribution >= 4 is 17.7 Å². The number of benzene rings is 2. The molecule has 0 aromatic heterocycles. The third-order valence-electron chi connectivity index (χ3n) is 5.43. The molecule has 32 heavy (non-hydrogen) atoms. The van der Waals surface area contributed by atoms with Crippen LogP contribution in [0, 0.1) is 0 Å². The van der Waals surface area contributed by atoms with Crippen LogP contribution in [0.1, 0.15) is 51.5 Å². The van der Waals surface area contributed by atoms with Crippen molar-refractivity contribution in [3.63, 3.8) is 0 Å². The van der Waals surface area contributed by atoms with Crippen LogP contribution in [0.2, 0.25) is 0 Å². The van der Waals surface area contributed by atoms with Crippen LogP contribution < -0.4 is 10.2 Å². The molecule has 0 fully saturated rings. The number of carboxylic acid groups (broad SMARTS) is 1. The van der Waals surface area contributed by atoms with Crippen LogP contribution in [0.4, 0.5) is 10.5 Å². The maximum atomic E-state index is 12.9. The van der Waals surface area contributed by atoms with Gasteiger partial charge in [0.2, 0.25) is 0 Å². The molecule has 6 heteroatoms. The zero-order valence-corrected chi connectivity index (χ0v) is 19.5. The molecular formula is C26H36N2O4. The standard InChI is InChI=1S/C26H36N2O4/c1-4-10-22(32-5-2)13-9-18-27-26(31)28(3)24-19-20(15-17-25(29)30)14-16-23(24)21-11-7-6-8-12-21/h6-8,11-12,14,16,19,22H,4-5,9-10,13,15,17-18H2,1-3H3,(H,27,31)(H,29,30). The Kier molecular flexibility index (Phi) is 10.7.